The monoisotopic (exact) mass is 152 g/mol. The Balaban J connectivity index is 2.52. The summed E-state index contributed by atoms with van der Waals surface area (Å²) in [5, 5.41) is 0. The minimum atomic E-state index is -0.180. The molecule has 1 aromatic carbocycles. The summed E-state index contributed by atoms with van der Waals surface area (Å²) in [6.45, 7) is 2.56. The van der Waals surface area contributed by atoms with Crippen LogP contribution in [0, 0.1) is 5.82 Å². The molecule has 1 aromatic rings. The van der Waals surface area contributed by atoms with Crippen molar-refractivity contribution in [3.63, 3.8) is 0 Å². The molecule has 1 nitrogen and oxygen atoms in total. The van der Waals surface area contributed by atoms with E-state index < -0.39 is 0 Å². The minimum absolute atomic E-state index is 0.0562. The molecule has 0 aliphatic carbocycles. The number of benzene rings is 1. The molecule has 1 atom stereocenters. The highest BCUT2D eigenvalue weighted by Gasteiger charge is 2.18. The number of hydrogen-bond donors (Lipinski definition) is 0. The fourth-order valence-corrected chi connectivity index (χ4v) is 1.38. The summed E-state index contributed by atoms with van der Waals surface area (Å²) in [7, 11) is 0. The first kappa shape index (κ1) is 6.80. The summed E-state index contributed by atoms with van der Waals surface area (Å²) in [5.74, 6) is -0.180. The fourth-order valence-electron chi connectivity index (χ4n) is 1.38. The van der Waals surface area contributed by atoms with Crippen LogP contribution in [-0.4, -0.2) is 0 Å². The van der Waals surface area contributed by atoms with E-state index in [-0.39, 0.29) is 11.9 Å². The standard InChI is InChI=1S/C9H9FO/c1-6-9-4-8(10)3-2-7(9)5-11-6/h2-4,6H,5H2,1H3. The van der Waals surface area contributed by atoms with E-state index in [0.717, 1.165) is 11.1 Å². The van der Waals surface area contributed by atoms with Gasteiger partial charge in [-0.15, -0.1) is 0 Å². The van der Waals surface area contributed by atoms with Gasteiger partial charge in [-0.2, -0.15) is 0 Å². The second kappa shape index (κ2) is 2.31. The van der Waals surface area contributed by atoms with Gasteiger partial charge < -0.3 is 4.74 Å². The molecule has 1 aliphatic rings. The van der Waals surface area contributed by atoms with Gasteiger partial charge >= 0.3 is 0 Å². The first-order valence-corrected chi connectivity index (χ1v) is 3.67. The highest BCUT2D eigenvalue weighted by atomic mass is 19.1. The average Bonchev–Trinajstić information content (AvgIpc) is 2.33. The SMILES string of the molecule is CC1OCc2ccc(F)cc21. The third kappa shape index (κ3) is 1.03. The quantitative estimate of drug-likeness (QED) is 0.554. The maximum atomic E-state index is 12.7. The van der Waals surface area contributed by atoms with Gasteiger partial charge in [0, 0.05) is 0 Å². The van der Waals surface area contributed by atoms with E-state index in [9.17, 15) is 4.39 Å². The van der Waals surface area contributed by atoms with Crippen LogP contribution >= 0.6 is 0 Å². The molecule has 1 heterocycles. The summed E-state index contributed by atoms with van der Waals surface area (Å²) < 4.78 is 18.0. The summed E-state index contributed by atoms with van der Waals surface area (Å²) in [6, 6.07) is 4.81. The fraction of sp³-hybridized carbons (Fsp3) is 0.333. The van der Waals surface area contributed by atoms with Crippen LogP contribution < -0.4 is 0 Å². The van der Waals surface area contributed by atoms with Crippen molar-refractivity contribution in [2.75, 3.05) is 0 Å². The van der Waals surface area contributed by atoms with Crippen molar-refractivity contribution in [2.24, 2.45) is 0 Å². The molecular weight excluding hydrogens is 143 g/mol. The zero-order valence-electron chi connectivity index (χ0n) is 6.30. The van der Waals surface area contributed by atoms with Gasteiger partial charge in [-0.3, -0.25) is 0 Å². The van der Waals surface area contributed by atoms with Crippen molar-refractivity contribution >= 4 is 0 Å². The lowest BCUT2D eigenvalue weighted by Gasteiger charge is -2.01. The first-order chi connectivity index (χ1) is 5.27. The van der Waals surface area contributed by atoms with E-state index in [0.29, 0.717) is 6.61 Å². The summed E-state index contributed by atoms with van der Waals surface area (Å²) in [6.07, 6.45) is 0.0562. The van der Waals surface area contributed by atoms with Crippen LogP contribution in [0.1, 0.15) is 24.2 Å². The predicted molar refractivity (Wildman–Crippen MR) is 39.6 cm³/mol. The molecule has 0 N–H and O–H groups in total. The van der Waals surface area contributed by atoms with Gasteiger partial charge in [0.15, 0.2) is 0 Å². The van der Waals surface area contributed by atoms with E-state index in [4.69, 9.17) is 4.74 Å². The Labute approximate surface area is 64.8 Å². The molecule has 0 spiro atoms. The Morgan fingerprint density at radius 2 is 2.36 bits per heavy atom. The van der Waals surface area contributed by atoms with Gasteiger partial charge in [-0.25, -0.2) is 4.39 Å². The summed E-state index contributed by atoms with van der Waals surface area (Å²) in [4.78, 5) is 0. The van der Waals surface area contributed by atoms with E-state index in [2.05, 4.69) is 0 Å². The molecule has 2 heteroatoms. The second-order valence-corrected chi connectivity index (χ2v) is 2.80. The van der Waals surface area contributed by atoms with Crippen molar-refractivity contribution < 1.29 is 9.13 Å². The number of halogens is 1. The maximum absolute atomic E-state index is 12.7. The summed E-state index contributed by atoms with van der Waals surface area (Å²) >= 11 is 0. The number of hydrogen-bond acceptors (Lipinski definition) is 1. The maximum Gasteiger partial charge on any atom is 0.123 e. The number of ether oxygens (including phenoxy) is 1. The lowest BCUT2D eigenvalue weighted by atomic mass is 10.1. The lowest BCUT2D eigenvalue weighted by Crippen LogP contribution is -1.88. The molecule has 0 radical (unpaired) electrons. The van der Waals surface area contributed by atoms with Gasteiger partial charge in [0.1, 0.15) is 5.82 Å². The Kier molecular flexibility index (Phi) is 1.43. The van der Waals surface area contributed by atoms with Gasteiger partial charge in [-0.1, -0.05) is 6.07 Å². The third-order valence-corrected chi connectivity index (χ3v) is 2.03. The van der Waals surface area contributed by atoms with Crippen LogP contribution in [0.5, 0.6) is 0 Å². The molecule has 0 fully saturated rings. The van der Waals surface area contributed by atoms with E-state index in [1.807, 2.05) is 6.92 Å². The molecule has 0 bridgehead atoms. The lowest BCUT2D eigenvalue weighted by molar-refractivity contribution is 0.0795. The molecular formula is C9H9FO. The van der Waals surface area contributed by atoms with Gasteiger partial charge in [-0.05, 0) is 30.2 Å². The van der Waals surface area contributed by atoms with E-state index >= 15 is 0 Å². The molecule has 11 heavy (non-hydrogen) atoms. The highest BCUT2D eigenvalue weighted by molar-refractivity contribution is 5.31. The van der Waals surface area contributed by atoms with Crippen LogP contribution in [0.3, 0.4) is 0 Å². The molecule has 0 amide bonds. The zero-order chi connectivity index (χ0) is 7.84. The van der Waals surface area contributed by atoms with Crippen molar-refractivity contribution in [3.8, 4) is 0 Å². The Morgan fingerprint density at radius 1 is 1.55 bits per heavy atom. The van der Waals surface area contributed by atoms with Crippen LogP contribution in [0.4, 0.5) is 4.39 Å². The number of fused-ring (bicyclic) bond motifs is 1. The van der Waals surface area contributed by atoms with Crippen molar-refractivity contribution in [3.05, 3.63) is 35.1 Å². The van der Waals surface area contributed by atoms with Gasteiger partial charge in [0.2, 0.25) is 0 Å². The Hall–Kier alpha value is -0.890. The normalized spacial score (nSPS) is 21.8. The van der Waals surface area contributed by atoms with E-state index in [1.165, 1.54) is 6.07 Å². The molecule has 0 aromatic heterocycles. The van der Waals surface area contributed by atoms with Crippen molar-refractivity contribution in [1.29, 1.82) is 0 Å². The highest BCUT2D eigenvalue weighted by Crippen LogP contribution is 2.29. The third-order valence-electron chi connectivity index (χ3n) is 2.03. The van der Waals surface area contributed by atoms with Crippen molar-refractivity contribution in [2.45, 2.75) is 19.6 Å². The minimum Gasteiger partial charge on any atom is -0.369 e. The molecule has 58 valence electrons. The van der Waals surface area contributed by atoms with Gasteiger partial charge in [0.05, 0.1) is 12.7 Å². The Morgan fingerprint density at radius 3 is 3.18 bits per heavy atom. The van der Waals surface area contributed by atoms with E-state index in [1.54, 1.807) is 12.1 Å². The number of rotatable bonds is 0. The molecule has 2 rings (SSSR count). The molecule has 1 unspecified atom stereocenters. The van der Waals surface area contributed by atoms with Gasteiger partial charge in [0.25, 0.3) is 0 Å². The van der Waals surface area contributed by atoms with Crippen LogP contribution in [-0.2, 0) is 11.3 Å². The summed E-state index contributed by atoms with van der Waals surface area (Å²) in [5.41, 5.74) is 2.10. The zero-order valence-corrected chi connectivity index (χ0v) is 6.30. The van der Waals surface area contributed by atoms with Crippen LogP contribution in [0.15, 0.2) is 18.2 Å². The predicted octanol–water partition coefficient (Wildman–Crippen LogP) is 2.42. The smallest absolute Gasteiger partial charge is 0.123 e. The topological polar surface area (TPSA) is 9.23 Å². The molecule has 0 saturated heterocycles. The second-order valence-electron chi connectivity index (χ2n) is 2.80. The van der Waals surface area contributed by atoms with Crippen molar-refractivity contribution in [1.82, 2.24) is 0 Å². The molecule has 1 aliphatic heterocycles. The van der Waals surface area contributed by atoms with Crippen LogP contribution in [0.25, 0.3) is 0 Å². The van der Waals surface area contributed by atoms with Crippen LogP contribution in [0.2, 0.25) is 0 Å². The average molecular weight is 152 g/mol. The first-order valence-electron chi connectivity index (χ1n) is 3.67. The molecule has 0 saturated carbocycles. The Bertz CT molecular complexity index is 283. The largest absolute Gasteiger partial charge is 0.369 e.